The maximum absolute atomic E-state index is 11.7. The van der Waals surface area contributed by atoms with Gasteiger partial charge in [0, 0.05) is 16.7 Å². The van der Waals surface area contributed by atoms with Crippen LogP contribution in [0.4, 0.5) is 0 Å². The van der Waals surface area contributed by atoms with Gasteiger partial charge in [-0.25, -0.2) is 0 Å². The average molecular weight is 190 g/mol. The van der Waals surface area contributed by atoms with Crippen molar-refractivity contribution in [3.63, 3.8) is 0 Å². The van der Waals surface area contributed by atoms with Crippen LogP contribution < -0.4 is 0 Å². The van der Waals surface area contributed by atoms with Gasteiger partial charge in [0.1, 0.15) is 0 Å². The van der Waals surface area contributed by atoms with Crippen molar-refractivity contribution < 1.29 is 9.59 Å². The first kappa shape index (κ1) is 10.6. The van der Waals surface area contributed by atoms with Gasteiger partial charge >= 0.3 is 0 Å². The number of Topliss-reactive ketones (excluding diaryl/α,β-unsaturated/α-hetero) is 1. The summed E-state index contributed by atoms with van der Waals surface area (Å²) in [5.74, 6) is -0.0992. The second-order valence-electron chi connectivity index (χ2n) is 3.76. The second-order valence-corrected chi connectivity index (χ2v) is 3.76. The third-order valence-corrected chi connectivity index (χ3v) is 2.27. The fourth-order valence-electron chi connectivity index (χ4n) is 1.30. The predicted octanol–water partition coefficient (Wildman–Crippen LogP) is 2.37. The largest absolute Gasteiger partial charge is 0.290 e. The minimum atomic E-state index is -0.0606. The van der Waals surface area contributed by atoms with Gasteiger partial charge in [0.15, 0.2) is 11.6 Å². The molecule has 0 fully saturated rings. The van der Waals surface area contributed by atoms with Crippen LogP contribution in [0.5, 0.6) is 0 Å². The minimum absolute atomic E-state index is 0.0386. The Morgan fingerprint density at radius 2 is 1.71 bits per heavy atom. The molecule has 0 radical (unpaired) electrons. The third-order valence-electron chi connectivity index (χ3n) is 2.27. The van der Waals surface area contributed by atoms with Gasteiger partial charge < -0.3 is 0 Å². The Morgan fingerprint density at radius 1 is 1.14 bits per heavy atom. The number of carbonyl (C=O) groups excluding carboxylic acids is 2. The lowest BCUT2D eigenvalue weighted by molar-refractivity contribution is -0.115. The fourth-order valence-corrected chi connectivity index (χ4v) is 1.30. The monoisotopic (exact) mass is 190 g/mol. The van der Waals surface area contributed by atoms with Gasteiger partial charge in [0.25, 0.3) is 0 Å². The van der Waals surface area contributed by atoms with Crippen LogP contribution in [-0.4, -0.2) is 11.6 Å². The lowest BCUT2D eigenvalue weighted by atomic mass is 9.90. The molecule has 0 unspecified atom stereocenters. The SMILES string of the molecule is CC(C)=CC1=CC(=O)C(C)=C(C)C1=O. The van der Waals surface area contributed by atoms with Gasteiger partial charge in [-0.3, -0.25) is 9.59 Å². The van der Waals surface area contributed by atoms with Crippen LogP contribution in [0.15, 0.2) is 34.4 Å². The molecule has 0 aromatic heterocycles. The Morgan fingerprint density at radius 3 is 2.21 bits per heavy atom. The van der Waals surface area contributed by atoms with Gasteiger partial charge in [-0.2, -0.15) is 0 Å². The summed E-state index contributed by atoms with van der Waals surface area (Å²) in [7, 11) is 0. The quantitative estimate of drug-likeness (QED) is 0.595. The smallest absolute Gasteiger partial charge is 0.189 e. The molecule has 0 aliphatic heterocycles. The maximum atomic E-state index is 11.7. The van der Waals surface area contributed by atoms with E-state index >= 15 is 0 Å². The van der Waals surface area contributed by atoms with E-state index in [0.29, 0.717) is 16.7 Å². The lowest BCUT2D eigenvalue weighted by Gasteiger charge is -2.11. The predicted molar refractivity (Wildman–Crippen MR) is 55.9 cm³/mol. The fraction of sp³-hybridized carbons (Fsp3) is 0.333. The van der Waals surface area contributed by atoms with Gasteiger partial charge in [0.05, 0.1) is 0 Å². The molecular weight excluding hydrogens is 176 g/mol. The first-order valence-corrected chi connectivity index (χ1v) is 4.56. The van der Waals surface area contributed by atoms with E-state index in [2.05, 4.69) is 0 Å². The van der Waals surface area contributed by atoms with Crippen LogP contribution in [0, 0.1) is 0 Å². The molecule has 1 aliphatic rings. The molecule has 0 aromatic rings. The van der Waals surface area contributed by atoms with Crippen LogP contribution in [0.2, 0.25) is 0 Å². The summed E-state index contributed by atoms with van der Waals surface area (Å²) in [6.07, 6.45) is 3.16. The van der Waals surface area contributed by atoms with Crippen molar-refractivity contribution in [2.45, 2.75) is 27.7 Å². The summed E-state index contributed by atoms with van der Waals surface area (Å²) in [4.78, 5) is 23.1. The van der Waals surface area contributed by atoms with E-state index in [-0.39, 0.29) is 11.6 Å². The molecule has 74 valence electrons. The molecule has 2 heteroatoms. The molecule has 0 heterocycles. The molecule has 0 atom stereocenters. The van der Waals surface area contributed by atoms with Crippen molar-refractivity contribution >= 4 is 11.6 Å². The normalized spacial score (nSPS) is 17.0. The van der Waals surface area contributed by atoms with Gasteiger partial charge in [-0.15, -0.1) is 0 Å². The minimum Gasteiger partial charge on any atom is -0.290 e. The van der Waals surface area contributed by atoms with Crippen LogP contribution in [0.25, 0.3) is 0 Å². The highest BCUT2D eigenvalue weighted by atomic mass is 16.1. The van der Waals surface area contributed by atoms with Crippen LogP contribution in [0.3, 0.4) is 0 Å². The van der Waals surface area contributed by atoms with E-state index in [9.17, 15) is 9.59 Å². The van der Waals surface area contributed by atoms with Crippen molar-refractivity contribution in [2.24, 2.45) is 0 Å². The summed E-state index contributed by atoms with van der Waals surface area (Å²) < 4.78 is 0. The highest BCUT2D eigenvalue weighted by molar-refractivity contribution is 6.23. The average Bonchev–Trinajstić information content (AvgIpc) is 2.10. The molecule has 2 nitrogen and oxygen atoms in total. The Kier molecular flexibility index (Phi) is 2.84. The number of ketones is 2. The molecule has 0 aromatic carbocycles. The topological polar surface area (TPSA) is 34.1 Å². The highest BCUT2D eigenvalue weighted by Gasteiger charge is 2.21. The zero-order valence-electron chi connectivity index (χ0n) is 8.97. The van der Waals surface area contributed by atoms with E-state index < -0.39 is 0 Å². The van der Waals surface area contributed by atoms with Crippen LogP contribution in [-0.2, 0) is 9.59 Å². The first-order chi connectivity index (χ1) is 6.43. The zero-order valence-corrected chi connectivity index (χ0v) is 8.97. The number of carbonyl (C=O) groups is 2. The maximum Gasteiger partial charge on any atom is 0.189 e. The number of allylic oxidation sites excluding steroid dienone is 6. The molecule has 0 saturated carbocycles. The van der Waals surface area contributed by atoms with Crippen LogP contribution >= 0.6 is 0 Å². The first-order valence-electron chi connectivity index (χ1n) is 4.56. The van der Waals surface area contributed by atoms with E-state index in [1.165, 1.54) is 6.08 Å². The van der Waals surface area contributed by atoms with E-state index in [0.717, 1.165) is 5.57 Å². The van der Waals surface area contributed by atoms with Gasteiger partial charge in [-0.1, -0.05) is 11.6 Å². The second kappa shape index (κ2) is 3.74. The third kappa shape index (κ3) is 1.90. The molecule has 0 bridgehead atoms. The van der Waals surface area contributed by atoms with Crippen molar-refractivity contribution in [1.82, 2.24) is 0 Å². The molecule has 1 rings (SSSR count). The summed E-state index contributed by atoms with van der Waals surface area (Å²) >= 11 is 0. The highest BCUT2D eigenvalue weighted by Crippen LogP contribution is 2.19. The summed E-state index contributed by atoms with van der Waals surface area (Å²) in [5, 5.41) is 0. The molecule has 1 aliphatic carbocycles. The Bertz CT molecular complexity index is 389. The van der Waals surface area contributed by atoms with E-state index in [1.807, 2.05) is 13.8 Å². The lowest BCUT2D eigenvalue weighted by Crippen LogP contribution is -2.15. The molecular formula is C12H14O2. The van der Waals surface area contributed by atoms with Gasteiger partial charge in [0.2, 0.25) is 0 Å². The van der Waals surface area contributed by atoms with Crippen molar-refractivity contribution in [1.29, 1.82) is 0 Å². The number of rotatable bonds is 1. The number of hydrogen-bond acceptors (Lipinski definition) is 2. The van der Waals surface area contributed by atoms with E-state index in [4.69, 9.17) is 0 Å². The van der Waals surface area contributed by atoms with Crippen LogP contribution in [0.1, 0.15) is 27.7 Å². The molecule has 0 saturated heterocycles. The van der Waals surface area contributed by atoms with Crippen molar-refractivity contribution in [3.8, 4) is 0 Å². The summed E-state index contributed by atoms with van der Waals surface area (Å²) in [5.41, 5.74) is 2.63. The van der Waals surface area contributed by atoms with Gasteiger partial charge in [-0.05, 0) is 33.8 Å². The van der Waals surface area contributed by atoms with Crippen molar-refractivity contribution in [2.75, 3.05) is 0 Å². The summed E-state index contributed by atoms with van der Waals surface area (Å²) in [6, 6.07) is 0. The molecule has 14 heavy (non-hydrogen) atoms. The number of hydrogen-bond donors (Lipinski definition) is 0. The molecule has 0 N–H and O–H groups in total. The van der Waals surface area contributed by atoms with E-state index in [1.54, 1.807) is 19.9 Å². The Hall–Kier alpha value is -1.44. The zero-order chi connectivity index (χ0) is 10.9. The summed E-state index contributed by atoms with van der Waals surface area (Å²) in [6.45, 7) is 7.19. The molecule has 0 spiro atoms. The Balaban J connectivity index is 3.16. The molecule has 0 amide bonds. The standard InChI is InChI=1S/C12H14O2/c1-7(2)5-10-6-11(13)8(3)9(4)12(10)14/h5-6H,1-4H3. The Labute approximate surface area is 84.0 Å². The van der Waals surface area contributed by atoms with Crippen molar-refractivity contribution in [3.05, 3.63) is 34.4 Å².